The van der Waals surface area contributed by atoms with Crippen LogP contribution in [0, 0.1) is 5.92 Å². The van der Waals surface area contributed by atoms with Crippen LogP contribution in [0.25, 0.3) is 0 Å². The summed E-state index contributed by atoms with van der Waals surface area (Å²) < 4.78 is 0. The maximum atomic E-state index is 10.4. The summed E-state index contributed by atoms with van der Waals surface area (Å²) >= 11 is 0. The fourth-order valence-corrected chi connectivity index (χ4v) is 1.85. The summed E-state index contributed by atoms with van der Waals surface area (Å²) in [7, 11) is 0. The van der Waals surface area contributed by atoms with Crippen LogP contribution in [-0.4, -0.2) is 11.1 Å². The molecule has 0 bridgehead atoms. The van der Waals surface area contributed by atoms with E-state index < -0.39 is 5.97 Å². The van der Waals surface area contributed by atoms with Crippen molar-refractivity contribution in [2.75, 3.05) is 0 Å². The fourth-order valence-electron chi connectivity index (χ4n) is 1.85. The molecule has 0 fully saturated rings. The summed E-state index contributed by atoms with van der Waals surface area (Å²) in [6.45, 7) is 11.9. The second-order valence-corrected chi connectivity index (χ2v) is 4.94. The van der Waals surface area contributed by atoms with Gasteiger partial charge in [-0.25, -0.2) is 0 Å². The molecule has 0 saturated heterocycles. The topological polar surface area (TPSA) is 37.3 Å². The van der Waals surface area contributed by atoms with E-state index in [0.717, 1.165) is 32.1 Å². The second kappa shape index (κ2) is 9.69. The van der Waals surface area contributed by atoms with Gasteiger partial charge in [0.25, 0.3) is 0 Å². The average molecular weight is 250 g/mol. The van der Waals surface area contributed by atoms with E-state index in [1.807, 2.05) is 6.08 Å². The Hall–Kier alpha value is -1.31. The van der Waals surface area contributed by atoms with E-state index in [9.17, 15) is 4.79 Å². The first-order valence-electron chi connectivity index (χ1n) is 6.61. The van der Waals surface area contributed by atoms with Crippen LogP contribution in [-0.2, 0) is 4.79 Å². The first kappa shape index (κ1) is 16.7. The SMILES string of the molecule is C=CCCC(CC=C(C)CCCC(=O)O)C(=C)C. The summed E-state index contributed by atoms with van der Waals surface area (Å²) in [5.41, 5.74) is 2.49. The highest BCUT2D eigenvalue weighted by Crippen LogP contribution is 2.21. The maximum Gasteiger partial charge on any atom is 0.303 e. The molecular weight excluding hydrogens is 224 g/mol. The summed E-state index contributed by atoms with van der Waals surface area (Å²) in [6.07, 6.45) is 9.14. The third kappa shape index (κ3) is 8.80. The van der Waals surface area contributed by atoms with Crippen molar-refractivity contribution < 1.29 is 9.90 Å². The number of rotatable bonds is 10. The third-order valence-corrected chi connectivity index (χ3v) is 3.13. The van der Waals surface area contributed by atoms with Crippen LogP contribution in [0.5, 0.6) is 0 Å². The van der Waals surface area contributed by atoms with E-state index in [-0.39, 0.29) is 6.42 Å². The molecule has 0 heterocycles. The number of carbonyl (C=O) groups is 1. The van der Waals surface area contributed by atoms with Crippen molar-refractivity contribution in [2.45, 2.75) is 52.4 Å². The number of carboxylic acid groups (broad SMARTS) is 1. The molecule has 102 valence electrons. The van der Waals surface area contributed by atoms with Gasteiger partial charge in [-0.2, -0.15) is 0 Å². The van der Waals surface area contributed by atoms with E-state index in [1.165, 1.54) is 11.1 Å². The number of hydrogen-bond donors (Lipinski definition) is 1. The second-order valence-electron chi connectivity index (χ2n) is 4.94. The Morgan fingerprint density at radius 1 is 1.33 bits per heavy atom. The highest BCUT2D eigenvalue weighted by atomic mass is 16.4. The molecule has 0 radical (unpaired) electrons. The molecule has 0 aromatic carbocycles. The number of carboxylic acids is 1. The van der Waals surface area contributed by atoms with Gasteiger partial charge in [0.1, 0.15) is 0 Å². The van der Waals surface area contributed by atoms with Gasteiger partial charge in [-0.3, -0.25) is 4.79 Å². The van der Waals surface area contributed by atoms with Crippen molar-refractivity contribution in [2.24, 2.45) is 5.92 Å². The molecule has 0 aromatic heterocycles. The van der Waals surface area contributed by atoms with Crippen LogP contribution in [0.15, 0.2) is 36.5 Å². The molecule has 0 aliphatic heterocycles. The van der Waals surface area contributed by atoms with Crippen LogP contribution in [0.3, 0.4) is 0 Å². The van der Waals surface area contributed by atoms with Gasteiger partial charge >= 0.3 is 5.97 Å². The van der Waals surface area contributed by atoms with E-state index in [1.54, 1.807) is 0 Å². The Labute approximate surface area is 111 Å². The number of aliphatic carboxylic acids is 1. The molecule has 0 saturated carbocycles. The minimum Gasteiger partial charge on any atom is -0.481 e. The lowest BCUT2D eigenvalue weighted by molar-refractivity contribution is -0.137. The van der Waals surface area contributed by atoms with Gasteiger partial charge in [0, 0.05) is 6.42 Å². The molecule has 0 rings (SSSR count). The predicted molar refractivity (Wildman–Crippen MR) is 77.6 cm³/mol. The summed E-state index contributed by atoms with van der Waals surface area (Å²) in [6, 6.07) is 0. The van der Waals surface area contributed by atoms with Crippen molar-refractivity contribution >= 4 is 5.97 Å². The highest BCUT2D eigenvalue weighted by Gasteiger charge is 2.07. The van der Waals surface area contributed by atoms with E-state index >= 15 is 0 Å². The highest BCUT2D eigenvalue weighted by molar-refractivity contribution is 5.66. The molecule has 2 heteroatoms. The first-order chi connectivity index (χ1) is 8.47. The molecule has 0 aliphatic carbocycles. The zero-order chi connectivity index (χ0) is 14.0. The fraction of sp³-hybridized carbons (Fsp3) is 0.562. The molecule has 1 atom stereocenters. The van der Waals surface area contributed by atoms with Gasteiger partial charge in [-0.1, -0.05) is 29.9 Å². The van der Waals surface area contributed by atoms with Gasteiger partial charge in [-0.15, -0.1) is 6.58 Å². The standard InChI is InChI=1S/C16H26O2/c1-5-6-9-15(13(2)3)12-11-14(4)8-7-10-16(17)18/h5,11,15H,1-2,6-10,12H2,3-4H3,(H,17,18). The molecule has 0 aliphatic rings. The molecule has 18 heavy (non-hydrogen) atoms. The Balaban J connectivity index is 4.09. The number of hydrogen-bond acceptors (Lipinski definition) is 1. The minimum absolute atomic E-state index is 0.256. The van der Waals surface area contributed by atoms with Crippen LogP contribution >= 0.6 is 0 Å². The first-order valence-corrected chi connectivity index (χ1v) is 6.61. The lowest BCUT2D eigenvalue weighted by Gasteiger charge is -2.14. The largest absolute Gasteiger partial charge is 0.481 e. The average Bonchev–Trinajstić information content (AvgIpc) is 2.28. The predicted octanol–water partition coefficient (Wildman–Crippen LogP) is 4.74. The maximum absolute atomic E-state index is 10.4. The van der Waals surface area contributed by atoms with Crippen LogP contribution < -0.4 is 0 Å². The van der Waals surface area contributed by atoms with Gasteiger partial charge in [-0.05, 0) is 51.9 Å². The van der Waals surface area contributed by atoms with Crippen LogP contribution in [0.4, 0.5) is 0 Å². The zero-order valence-corrected chi connectivity index (χ0v) is 11.7. The minimum atomic E-state index is -0.714. The lowest BCUT2D eigenvalue weighted by Crippen LogP contribution is -2.00. The van der Waals surface area contributed by atoms with Gasteiger partial charge in [0.15, 0.2) is 0 Å². The van der Waals surface area contributed by atoms with Crippen LogP contribution in [0.2, 0.25) is 0 Å². The molecule has 2 nitrogen and oxygen atoms in total. The van der Waals surface area contributed by atoms with Crippen molar-refractivity contribution in [3.8, 4) is 0 Å². The lowest BCUT2D eigenvalue weighted by atomic mass is 9.91. The van der Waals surface area contributed by atoms with Crippen molar-refractivity contribution in [1.29, 1.82) is 0 Å². The zero-order valence-electron chi connectivity index (χ0n) is 11.7. The third-order valence-electron chi connectivity index (χ3n) is 3.13. The summed E-state index contributed by atoms with van der Waals surface area (Å²) in [5.74, 6) is -0.203. The van der Waals surface area contributed by atoms with Crippen molar-refractivity contribution in [3.63, 3.8) is 0 Å². The quantitative estimate of drug-likeness (QED) is 0.569. The Morgan fingerprint density at radius 3 is 2.50 bits per heavy atom. The summed E-state index contributed by atoms with van der Waals surface area (Å²) in [5, 5.41) is 8.57. The Kier molecular flexibility index (Phi) is 8.99. The van der Waals surface area contributed by atoms with E-state index in [2.05, 4.69) is 33.1 Å². The van der Waals surface area contributed by atoms with Gasteiger partial charge in [0.2, 0.25) is 0 Å². The monoisotopic (exact) mass is 250 g/mol. The molecule has 1 N–H and O–H groups in total. The van der Waals surface area contributed by atoms with E-state index in [0.29, 0.717) is 5.92 Å². The van der Waals surface area contributed by atoms with Gasteiger partial charge < -0.3 is 5.11 Å². The molecule has 0 aromatic rings. The van der Waals surface area contributed by atoms with Crippen molar-refractivity contribution in [3.05, 3.63) is 36.5 Å². The normalized spacial score (nSPS) is 13.1. The van der Waals surface area contributed by atoms with Gasteiger partial charge in [0.05, 0.1) is 0 Å². The molecule has 0 spiro atoms. The summed E-state index contributed by atoms with van der Waals surface area (Å²) in [4.78, 5) is 10.4. The number of allylic oxidation sites excluding steroid dienone is 4. The Bertz CT molecular complexity index is 313. The van der Waals surface area contributed by atoms with Crippen molar-refractivity contribution in [1.82, 2.24) is 0 Å². The van der Waals surface area contributed by atoms with Crippen LogP contribution in [0.1, 0.15) is 52.4 Å². The smallest absolute Gasteiger partial charge is 0.303 e. The molecular formula is C16H26O2. The van der Waals surface area contributed by atoms with E-state index in [4.69, 9.17) is 5.11 Å². The Morgan fingerprint density at radius 2 is 2.00 bits per heavy atom. The molecule has 1 unspecified atom stereocenters. The molecule has 0 amide bonds.